The summed E-state index contributed by atoms with van der Waals surface area (Å²) >= 11 is 0. The van der Waals surface area contributed by atoms with Gasteiger partial charge in [0.15, 0.2) is 0 Å². The van der Waals surface area contributed by atoms with Crippen molar-refractivity contribution in [3.8, 4) is 11.5 Å². The largest absolute Gasteiger partial charge is 2.00 e. The number of hydrogen-bond donors (Lipinski definition) is 2. The Bertz CT molecular complexity index is 1120. The topological polar surface area (TPSA) is 40.5 Å². The Morgan fingerprint density at radius 2 is 0.727 bits per heavy atom. The number of fused-ring (bicyclic) bond motifs is 2. The van der Waals surface area contributed by atoms with Crippen LogP contribution in [0.15, 0.2) is 146 Å². The molecule has 0 spiro atoms. The molecule has 0 bridgehead atoms. The Morgan fingerprint density at radius 3 is 1.03 bits per heavy atom. The van der Waals surface area contributed by atoms with Crippen LogP contribution in [0.3, 0.4) is 0 Å². The number of aromatic hydroxyl groups is 2. The average Bonchev–Trinajstić information content (AvgIpc) is 3.51. The SMILES string of the molecule is Oc1ccccc1.Oc1ccccc1.[Zr+2].c1ccc2[cH-]ccc2c1.c1ccc2[cH-]ccc2c1. The Kier molecular flexibility index (Phi) is 11.4. The maximum absolute atomic E-state index is 8.63. The summed E-state index contributed by atoms with van der Waals surface area (Å²) in [7, 11) is 0. The first-order valence-electron chi connectivity index (χ1n) is 10.4. The zero-order valence-corrected chi connectivity index (χ0v) is 20.7. The summed E-state index contributed by atoms with van der Waals surface area (Å²) in [6, 6.07) is 46.8. The summed E-state index contributed by atoms with van der Waals surface area (Å²) < 4.78 is 0. The standard InChI is InChI=1S/2C9H7.2C6H6O.Zr/c2*1-2-5-9-7-3-6-8(9)4-1;2*7-6-4-2-1-3-5-6;/h2*1-7H;2*1-5,7H;/q2*-1;;;+2. The third kappa shape index (κ3) is 9.31. The van der Waals surface area contributed by atoms with Crippen LogP contribution >= 0.6 is 0 Å². The molecule has 0 aliphatic rings. The number of para-hydroxylation sites is 2. The van der Waals surface area contributed by atoms with Gasteiger partial charge in [-0.05, 0) is 24.3 Å². The van der Waals surface area contributed by atoms with Crippen LogP contribution in [0.5, 0.6) is 11.5 Å². The molecule has 3 heteroatoms. The summed E-state index contributed by atoms with van der Waals surface area (Å²) in [4.78, 5) is 0. The molecular formula is C30H26O2Zr. The predicted molar refractivity (Wildman–Crippen MR) is 135 cm³/mol. The van der Waals surface area contributed by atoms with Gasteiger partial charge < -0.3 is 10.2 Å². The van der Waals surface area contributed by atoms with E-state index in [9.17, 15) is 0 Å². The number of benzene rings is 4. The van der Waals surface area contributed by atoms with E-state index in [-0.39, 0.29) is 26.2 Å². The van der Waals surface area contributed by atoms with E-state index in [4.69, 9.17) is 10.2 Å². The van der Waals surface area contributed by atoms with E-state index in [2.05, 4.69) is 84.9 Å². The minimum atomic E-state index is 0. The van der Waals surface area contributed by atoms with Crippen molar-refractivity contribution in [2.24, 2.45) is 0 Å². The molecule has 6 rings (SSSR count). The van der Waals surface area contributed by atoms with Gasteiger partial charge in [-0.1, -0.05) is 48.5 Å². The van der Waals surface area contributed by atoms with Gasteiger partial charge in [0, 0.05) is 0 Å². The molecule has 2 N–H and O–H groups in total. The number of rotatable bonds is 0. The van der Waals surface area contributed by atoms with E-state index >= 15 is 0 Å². The molecule has 0 fully saturated rings. The van der Waals surface area contributed by atoms with E-state index < -0.39 is 0 Å². The fourth-order valence-electron chi connectivity index (χ4n) is 3.00. The normalized spacial score (nSPS) is 9.21. The quantitative estimate of drug-likeness (QED) is 0.204. The van der Waals surface area contributed by atoms with Crippen LogP contribution in [-0.4, -0.2) is 10.2 Å². The summed E-state index contributed by atoms with van der Waals surface area (Å²) in [5, 5.41) is 22.6. The van der Waals surface area contributed by atoms with Crippen molar-refractivity contribution in [2.75, 3.05) is 0 Å². The van der Waals surface area contributed by atoms with E-state index in [0.29, 0.717) is 11.5 Å². The van der Waals surface area contributed by atoms with Crippen LogP contribution in [0, 0.1) is 0 Å². The van der Waals surface area contributed by atoms with Crippen LogP contribution in [0.1, 0.15) is 0 Å². The molecule has 0 unspecified atom stereocenters. The van der Waals surface area contributed by atoms with Gasteiger partial charge in [-0.2, -0.15) is 35.0 Å². The molecular weight excluding hydrogens is 484 g/mol. The molecule has 0 aromatic heterocycles. The van der Waals surface area contributed by atoms with Crippen molar-refractivity contribution in [1.29, 1.82) is 0 Å². The van der Waals surface area contributed by atoms with Crippen molar-refractivity contribution < 1.29 is 36.4 Å². The molecule has 0 atom stereocenters. The fraction of sp³-hybridized carbons (Fsp3) is 0. The predicted octanol–water partition coefficient (Wildman–Crippen LogP) is 7.90. The van der Waals surface area contributed by atoms with Crippen molar-refractivity contribution >= 4 is 21.5 Å². The molecule has 0 heterocycles. The average molecular weight is 510 g/mol. The number of phenolic OH excluding ortho intramolecular Hbond substituents is 2. The summed E-state index contributed by atoms with van der Waals surface area (Å²) in [5.41, 5.74) is 0. The molecule has 0 saturated carbocycles. The second-order valence-corrected chi connectivity index (χ2v) is 6.98. The van der Waals surface area contributed by atoms with E-state index in [1.165, 1.54) is 21.5 Å². The zero-order chi connectivity index (χ0) is 22.4. The molecule has 33 heavy (non-hydrogen) atoms. The first-order chi connectivity index (χ1) is 15.7. The second kappa shape index (κ2) is 14.6. The van der Waals surface area contributed by atoms with Crippen LogP contribution in [0.25, 0.3) is 21.5 Å². The van der Waals surface area contributed by atoms with E-state index in [1.807, 2.05) is 12.1 Å². The van der Waals surface area contributed by atoms with Crippen molar-refractivity contribution in [1.82, 2.24) is 0 Å². The van der Waals surface area contributed by atoms with E-state index in [0.717, 1.165) is 0 Å². The van der Waals surface area contributed by atoms with E-state index in [1.54, 1.807) is 48.5 Å². The molecule has 0 radical (unpaired) electrons. The molecule has 6 aromatic carbocycles. The molecule has 0 aliphatic carbocycles. The fourth-order valence-corrected chi connectivity index (χ4v) is 3.00. The van der Waals surface area contributed by atoms with Gasteiger partial charge in [0.2, 0.25) is 0 Å². The van der Waals surface area contributed by atoms with Crippen molar-refractivity contribution in [2.45, 2.75) is 0 Å². The molecule has 0 amide bonds. The van der Waals surface area contributed by atoms with Gasteiger partial charge in [-0.3, -0.25) is 0 Å². The Balaban J connectivity index is 0.000000155. The van der Waals surface area contributed by atoms with Crippen LogP contribution in [0.2, 0.25) is 0 Å². The van der Waals surface area contributed by atoms with Crippen LogP contribution in [-0.2, 0) is 26.2 Å². The third-order valence-corrected chi connectivity index (χ3v) is 4.61. The monoisotopic (exact) mass is 508 g/mol. The third-order valence-electron chi connectivity index (χ3n) is 4.61. The minimum Gasteiger partial charge on any atom is -0.508 e. The van der Waals surface area contributed by atoms with Gasteiger partial charge in [0.1, 0.15) is 11.5 Å². The first kappa shape index (κ1) is 25.8. The van der Waals surface area contributed by atoms with Crippen molar-refractivity contribution in [3.05, 3.63) is 146 Å². The van der Waals surface area contributed by atoms with Gasteiger partial charge in [0.05, 0.1) is 0 Å². The van der Waals surface area contributed by atoms with Crippen LogP contribution in [0.4, 0.5) is 0 Å². The Morgan fingerprint density at radius 1 is 0.394 bits per heavy atom. The maximum Gasteiger partial charge on any atom is 2.00 e. The zero-order valence-electron chi connectivity index (χ0n) is 18.3. The van der Waals surface area contributed by atoms with Gasteiger partial charge in [-0.25, -0.2) is 0 Å². The molecule has 6 aromatic rings. The van der Waals surface area contributed by atoms with Gasteiger partial charge >= 0.3 is 26.2 Å². The summed E-state index contributed by atoms with van der Waals surface area (Å²) in [6.45, 7) is 0. The summed E-state index contributed by atoms with van der Waals surface area (Å²) in [6.07, 6.45) is 0. The molecule has 0 saturated heterocycles. The molecule has 0 aliphatic heterocycles. The van der Waals surface area contributed by atoms with Gasteiger partial charge in [0.25, 0.3) is 0 Å². The number of hydrogen-bond acceptors (Lipinski definition) is 2. The van der Waals surface area contributed by atoms with Crippen molar-refractivity contribution in [3.63, 3.8) is 0 Å². The maximum atomic E-state index is 8.63. The van der Waals surface area contributed by atoms with Gasteiger partial charge in [-0.15, -0.1) is 59.3 Å². The summed E-state index contributed by atoms with van der Waals surface area (Å²) in [5.74, 6) is 0.644. The van der Waals surface area contributed by atoms with Crippen LogP contribution < -0.4 is 0 Å². The second-order valence-electron chi connectivity index (χ2n) is 6.98. The number of phenols is 2. The molecule has 2 nitrogen and oxygen atoms in total. The first-order valence-corrected chi connectivity index (χ1v) is 10.4. The Hall–Kier alpha value is -3.42. The minimum absolute atomic E-state index is 0. The Labute approximate surface area is 214 Å². The smallest absolute Gasteiger partial charge is 0.508 e. The molecule has 162 valence electrons.